The maximum absolute atomic E-state index is 10.3. The van der Waals surface area contributed by atoms with Gasteiger partial charge < -0.3 is 9.67 Å². The third-order valence-corrected chi connectivity index (χ3v) is 1.38. The van der Waals surface area contributed by atoms with Gasteiger partial charge in [0, 0.05) is 0 Å². The number of carboxylic acid groups (broad SMARTS) is 1. The molecule has 0 atom stereocenters. The molecule has 0 amide bonds. The molecule has 0 aromatic carbocycles. The molecule has 4 heteroatoms. The Morgan fingerprint density at radius 3 is 1.71 bits per heavy atom. The molecule has 0 aliphatic rings. The fraction of sp³-hybridized carbons (Fsp3) is 0.667. The van der Waals surface area contributed by atoms with Gasteiger partial charge in [-0.1, -0.05) is 0 Å². The summed E-state index contributed by atoms with van der Waals surface area (Å²) in [6.45, 7) is 2.44. The van der Waals surface area contributed by atoms with Crippen LogP contribution in [0.2, 0.25) is 0 Å². The van der Waals surface area contributed by atoms with Crippen molar-refractivity contribution in [2.45, 2.75) is 0 Å². The minimum absolute atomic E-state index is 1.20. The third-order valence-electron chi connectivity index (χ3n) is 0.461. The first-order chi connectivity index (χ1) is 2.94. The Balaban J connectivity index is 4.09. The first-order valence-electron chi connectivity index (χ1n) is 1.73. The zero-order chi connectivity index (χ0) is 6.08. The van der Waals surface area contributed by atoms with Gasteiger partial charge >= 0.3 is 5.71 Å². The zero-order valence-corrected chi connectivity index (χ0v) is 5.11. The van der Waals surface area contributed by atoms with E-state index in [0.29, 0.717) is 0 Å². The Hall–Kier alpha value is -0.300. The van der Waals surface area contributed by atoms with Crippen LogP contribution in [0, 0.1) is 0 Å². The molecule has 42 valence electrons. The van der Waals surface area contributed by atoms with Crippen molar-refractivity contribution in [2.24, 2.45) is 0 Å². The van der Waals surface area contributed by atoms with E-state index >= 15 is 0 Å². The summed E-state index contributed by atoms with van der Waals surface area (Å²) in [5.41, 5.74) is -1.20. The summed E-state index contributed by atoms with van der Waals surface area (Å²) in [7, 11) is -2.82. The van der Waals surface area contributed by atoms with Crippen LogP contribution in [0.25, 0.3) is 0 Å². The van der Waals surface area contributed by atoms with Gasteiger partial charge in [0.05, 0.1) is 0 Å². The largest absolute Gasteiger partial charge is 0.476 e. The fourth-order valence-corrected chi connectivity index (χ4v) is 0. The van der Waals surface area contributed by atoms with Gasteiger partial charge in [-0.15, -0.1) is 0 Å². The Morgan fingerprint density at radius 2 is 1.71 bits per heavy atom. The van der Waals surface area contributed by atoms with Gasteiger partial charge in [0.2, 0.25) is 0 Å². The molecular formula is C3H7O3P. The lowest BCUT2D eigenvalue weighted by Gasteiger charge is -1.93. The molecule has 0 aromatic heterocycles. The first-order valence-corrected chi connectivity index (χ1v) is 4.33. The van der Waals surface area contributed by atoms with E-state index in [-0.39, 0.29) is 0 Å². The van der Waals surface area contributed by atoms with Gasteiger partial charge in [-0.05, 0) is 13.3 Å². The molecule has 0 heterocycles. The molecule has 0 unspecified atom stereocenters. The van der Waals surface area contributed by atoms with Crippen LogP contribution in [0.3, 0.4) is 0 Å². The summed E-state index contributed by atoms with van der Waals surface area (Å²) >= 11 is 0. The molecule has 1 N–H and O–H groups in total. The minimum Gasteiger partial charge on any atom is -0.476 e. The highest BCUT2D eigenvalue weighted by atomic mass is 31.2. The van der Waals surface area contributed by atoms with Crippen LogP contribution < -0.4 is 0 Å². The number of hydrogen-bond donors (Lipinski definition) is 1. The summed E-state index contributed by atoms with van der Waals surface area (Å²) < 4.78 is 10.3. The van der Waals surface area contributed by atoms with E-state index in [2.05, 4.69) is 0 Å². The molecule has 0 rings (SSSR count). The molecule has 0 radical (unpaired) electrons. The van der Waals surface area contributed by atoms with E-state index in [1.54, 1.807) is 0 Å². The average Bonchev–Trinajstić information content (AvgIpc) is 1.31. The van der Waals surface area contributed by atoms with E-state index in [9.17, 15) is 9.36 Å². The molecule has 0 bridgehead atoms. The summed E-state index contributed by atoms with van der Waals surface area (Å²) in [6.07, 6.45) is 0. The molecule has 7 heavy (non-hydrogen) atoms. The lowest BCUT2D eigenvalue weighted by molar-refractivity contribution is 0.219. The topological polar surface area (TPSA) is 54.4 Å². The van der Waals surface area contributed by atoms with E-state index in [1.807, 2.05) is 0 Å². The molecule has 0 aromatic rings. The molecule has 3 nitrogen and oxygen atoms in total. The predicted octanol–water partition coefficient (Wildman–Crippen LogP) is 1.29. The Bertz CT molecular complexity index is 122. The lowest BCUT2D eigenvalue weighted by atomic mass is 11.6. The van der Waals surface area contributed by atoms with Crippen molar-refractivity contribution in [3.8, 4) is 0 Å². The highest BCUT2D eigenvalue weighted by Gasteiger charge is 2.15. The van der Waals surface area contributed by atoms with Crippen LogP contribution in [0.1, 0.15) is 0 Å². The van der Waals surface area contributed by atoms with Crippen LogP contribution in [-0.4, -0.2) is 24.1 Å². The lowest BCUT2D eigenvalue weighted by Crippen LogP contribution is -1.89. The van der Waals surface area contributed by atoms with Crippen molar-refractivity contribution >= 4 is 12.9 Å². The summed E-state index contributed by atoms with van der Waals surface area (Å²) in [5, 5.41) is 7.99. The van der Waals surface area contributed by atoms with E-state index < -0.39 is 12.9 Å². The Kier molecular flexibility index (Phi) is 1.59. The number of rotatable bonds is 1. The van der Waals surface area contributed by atoms with E-state index in [4.69, 9.17) is 5.11 Å². The molecule has 0 fully saturated rings. The Labute approximate surface area is 41.7 Å². The maximum atomic E-state index is 10.3. The molecule has 0 aliphatic carbocycles. The monoisotopic (exact) mass is 122 g/mol. The van der Waals surface area contributed by atoms with Gasteiger partial charge in [-0.3, -0.25) is 0 Å². The first kappa shape index (κ1) is 6.70. The molecule has 0 saturated heterocycles. The van der Waals surface area contributed by atoms with Crippen LogP contribution in [-0.2, 0) is 4.57 Å². The van der Waals surface area contributed by atoms with E-state index in [0.717, 1.165) is 0 Å². The van der Waals surface area contributed by atoms with Gasteiger partial charge in [-0.25, -0.2) is 4.79 Å². The molecule has 0 spiro atoms. The number of hydrogen-bond acceptors (Lipinski definition) is 2. The SMILES string of the molecule is CP(C)(=O)C(=O)O. The minimum atomic E-state index is -2.82. The summed E-state index contributed by atoms with van der Waals surface area (Å²) in [5.74, 6) is 0. The van der Waals surface area contributed by atoms with Crippen molar-refractivity contribution < 1.29 is 14.5 Å². The summed E-state index contributed by atoms with van der Waals surface area (Å²) in [6, 6.07) is 0. The van der Waals surface area contributed by atoms with Crippen LogP contribution in [0.4, 0.5) is 4.79 Å². The molecule has 0 aliphatic heterocycles. The maximum Gasteiger partial charge on any atom is 0.361 e. The second-order valence-corrected chi connectivity index (χ2v) is 4.72. The second kappa shape index (κ2) is 1.66. The molecular weight excluding hydrogens is 115 g/mol. The third kappa shape index (κ3) is 2.40. The van der Waals surface area contributed by atoms with Crippen molar-refractivity contribution in [3.63, 3.8) is 0 Å². The number of carbonyl (C=O) groups is 1. The highest BCUT2D eigenvalue weighted by molar-refractivity contribution is 7.78. The quantitative estimate of drug-likeness (QED) is 0.533. The molecule has 0 saturated carbocycles. The van der Waals surface area contributed by atoms with Crippen LogP contribution in [0.15, 0.2) is 0 Å². The smallest absolute Gasteiger partial charge is 0.361 e. The van der Waals surface area contributed by atoms with Crippen LogP contribution in [0.5, 0.6) is 0 Å². The van der Waals surface area contributed by atoms with Crippen LogP contribution >= 0.6 is 7.14 Å². The van der Waals surface area contributed by atoms with E-state index in [1.165, 1.54) is 13.3 Å². The normalized spacial score (nSPS) is 11.1. The van der Waals surface area contributed by atoms with Gasteiger partial charge in [-0.2, -0.15) is 0 Å². The highest BCUT2D eigenvalue weighted by Crippen LogP contribution is 2.35. The van der Waals surface area contributed by atoms with Crippen molar-refractivity contribution in [3.05, 3.63) is 0 Å². The fourth-order valence-electron chi connectivity index (χ4n) is 0. The zero-order valence-electron chi connectivity index (χ0n) is 4.21. The van der Waals surface area contributed by atoms with Crippen molar-refractivity contribution in [2.75, 3.05) is 13.3 Å². The summed E-state index contributed by atoms with van der Waals surface area (Å²) in [4.78, 5) is 9.76. The van der Waals surface area contributed by atoms with Crippen molar-refractivity contribution in [1.82, 2.24) is 0 Å². The Morgan fingerprint density at radius 1 is 1.57 bits per heavy atom. The van der Waals surface area contributed by atoms with Gasteiger partial charge in [0.1, 0.15) is 0 Å². The second-order valence-electron chi connectivity index (χ2n) is 1.63. The average molecular weight is 122 g/mol. The van der Waals surface area contributed by atoms with Gasteiger partial charge in [0.25, 0.3) is 0 Å². The van der Waals surface area contributed by atoms with Gasteiger partial charge in [0.15, 0.2) is 7.14 Å². The van der Waals surface area contributed by atoms with Crippen molar-refractivity contribution in [1.29, 1.82) is 0 Å². The standard InChI is InChI=1S/C3H7O3P/c1-7(2,6)3(4)5/h1-2H3,(H,4,5). The predicted molar refractivity (Wildman–Crippen MR) is 27.5 cm³/mol.